The molecule has 2 atom stereocenters. The summed E-state index contributed by atoms with van der Waals surface area (Å²) in [7, 11) is 0. The maximum absolute atomic E-state index is 13.4. The number of hydrogen-bond donors (Lipinski definition) is 1. The van der Waals surface area contributed by atoms with Crippen molar-refractivity contribution in [3.05, 3.63) is 17.3 Å². The lowest BCUT2D eigenvalue weighted by Gasteiger charge is -2.52. The van der Waals surface area contributed by atoms with Crippen molar-refractivity contribution < 1.29 is 23.8 Å². The Morgan fingerprint density at radius 2 is 1.61 bits per heavy atom. The molecule has 242 valence electrons. The maximum atomic E-state index is 13.4. The van der Waals surface area contributed by atoms with Gasteiger partial charge in [-0.05, 0) is 86.0 Å². The average molecular weight is 611 g/mol. The fourth-order valence-electron chi connectivity index (χ4n) is 7.46. The van der Waals surface area contributed by atoms with Gasteiger partial charge >= 0.3 is 12.1 Å². The van der Waals surface area contributed by atoms with Crippen LogP contribution < -0.4 is 10.2 Å². The van der Waals surface area contributed by atoms with Crippen LogP contribution in [0.2, 0.25) is 0 Å². The second kappa shape index (κ2) is 11.1. The van der Waals surface area contributed by atoms with E-state index in [9.17, 15) is 9.59 Å². The number of ether oxygens (including phenoxy) is 3. The van der Waals surface area contributed by atoms with Gasteiger partial charge in [0.05, 0.1) is 0 Å². The summed E-state index contributed by atoms with van der Waals surface area (Å²) in [6.07, 6.45) is 5.51. The molecule has 2 bridgehead atoms. The van der Waals surface area contributed by atoms with Gasteiger partial charge in [0, 0.05) is 61.5 Å². The lowest BCUT2D eigenvalue weighted by atomic mass is 9.73. The topological polar surface area (TPSA) is 111 Å². The Bertz CT molecular complexity index is 1390. The van der Waals surface area contributed by atoms with Crippen molar-refractivity contribution in [3.8, 4) is 0 Å². The van der Waals surface area contributed by atoms with Crippen molar-refractivity contribution in [2.45, 2.75) is 129 Å². The molecule has 1 N–H and O–H groups in total. The number of hydrogen-bond acceptors (Lipinski definition) is 9. The molecule has 4 saturated heterocycles. The van der Waals surface area contributed by atoms with Crippen LogP contribution in [-0.2, 0) is 14.2 Å². The molecule has 4 aliphatic rings. The van der Waals surface area contributed by atoms with Gasteiger partial charge in [0.2, 0.25) is 0 Å². The molecule has 1 spiro atoms. The van der Waals surface area contributed by atoms with Gasteiger partial charge in [0.15, 0.2) is 11.3 Å². The third-order valence-electron chi connectivity index (χ3n) is 9.40. The Labute approximate surface area is 261 Å². The predicted octanol–water partition coefficient (Wildman–Crippen LogP) is 5.77. The fraction of sp³-hybridized carbons (Fsp3) is 0.758. The highest BCUT2D eigenvalue weighted by molar-refractivity contribution is 5.92. The lowest BCUT2D eigenvalue weighted by Crippen LogP contribution is -2.58. The molecular formula is C33H50N6O5. The first-order chi connectivity index (χ1) is 20.6. The number of fused-ring (bicyclic) bond motifs is 3. The van der Waals surface area contributed by atoms with Gasteiger partial charge in [-0.15, -0.1) is 0 Å². The van der Waals surface area contributed by atoms with Crippen molar-refractivity contribution in [2.24, 2.45) is 5.41 Å². The zero-order valence-electron chi connectivity index (χ0n) is 27.7. The number of nitrogens with zero attached hydrogens (tertiary/aromatic N) is 5. The van der Waals surface area contributed by atoms with Crippen LogP contribution in [-0.4, -0.2) is 87.2 Å². The summed E-state index contributed by atoms with van der Waals surface area (Å²) in [5.74, 6) is 1.28. The van der Waals surface area contributed by atoms with E-state index < -0.39 is 17.2 Å². The van der Waals surface area contributed by atoms with Crippen molar-refractivity contribution in [1.29, 1.82) is 0 Å². The minimum atomic E-state index is -0.641. The maximum Gasteiger partial charge on any atom is 0.410 e. The van der Waals surface area contributed by atoms with E-state index in [2.05, 4.69) is 30.1 Å². The number of aromatic nitrogens is 3. The molecule has 4 fully saturated rings. The summed E-state index contributed by atoms with van der Waals surface area (Å²) in [6.45, 7) is 19.0. The summed E-state index contributed by atoms with van der Waals surface area (Å²) in [4.78, 5) is 35.9. The average Bonchev–Trinajstić information content (AvgIpc) is 3.41. The van der Waals surface area contributed by atoms with Crippen molar-refractivity contribution >= 4 is 29.3 Å². The monoisotopic (exact) mass is 610 g/mol. The summed E-state index contributed by atoms with van der Waals surface area (Å²) >= 11 is 0. The third-order valence-corrected chi connectivity index (χ3v) is 9.40. The number of esters is 1. The Hall–Kier alpha value is -3.08. The van der Waals surface area contributed by atoms with Crippen molar-refractivity contribution in [2.75, 3.05) is 36.5 Å². The van der Waals surface area contributed by atoms with Crippen LogP contribution in [0.1, 0.15) is 116 Å². The molecule has 6 heterocycles. The lowest BCUT2D eigenvalue weighted by molar-refractivity contribution is -0.000501. The SMILES string of the molecule is CC(C)c1c(C(=O)OC(C)(C)C)nn2c(NC3CC4CCC(C3)N4C(=O)OC(C)(C)C)cc(N3CC4(CCOCC4)C3)nc12. The Kier molecular flexibility index (Phi) is 7.78. The van der Waals surface area contributed by atoms with Crippen LogP contribution in [0.15, 0.2) is 6.07 Å². The highest BCUT2D eigenvalue weighted by Crippen LogP contribution is 2.43. The van der Waals surface area contributed by atoms with Gasteiger partial charge in [-0.25, -0.2) is 14.6 Å². The number of rotatable bonds is 5. The van der Waals surface area contributed by atoms with E-state index >= 15 is 0 Å². The van der Waals surface area contributed by atoms with Gasteiger partial charge in [0.25, 0.3) is 0 Å². The Morgan fingerprint density at radius 3 is 2.18 bits per heavy atom. The van der Waals surface area contributed by atoms with E-state index in [0.29, 0.717) is 11.3 Å². The van der Waals surface area contributed by atoms with E-state index in [1.165, 1.54) is 0 Å². The molecule has 6 rings (SSSR count). The highest BCUT2D eigenvalue weighted by atomic mass is 16.6. The van der Waals surface area contributed by atoms with E-state index in [1.807, 2.05) is 46.4 Å². The largest absolute Gasteiger partial charge is 0.455 e. The molecular weight excluding hydrogens is 560 g/mol. The number of piperidine rings is 1. The molecule has 1 amide bonds. The third kappa shape index (κ3) is 6.08. The molecule has 2 aromatic rings. The van der Waals surface area contributed by atoms with Crippen LogP contribution in [0.3, 0.4) is 0 Å². The highest BCUT2D eigenvalue weighted by Gasteiger charge is 2.46. The standard InChI is InChI=1S/C33H50N6O5/c1-20(2)26-27(29(40)43-31(3,4)5)36-39-25(17-24(35-28(26)39)37-18-33(19-37)11-13-42-14-12-33)34-21-15-22-9-10-23(16-21)38(22)30(41)44-32(6,7)8/h17,20-23,34H,9-16,18-19H2,1-8H3. The number of anilines is 2. The first-order valence-electron chi connectivity index (χ1n) is 16.4. The number of carbonyl (C=O) groups is 2. The van der Waals surface area contributed by atoms with Crippen molar-refractivity contribution in [3.63, 3.8) is 0 Å². The second-order valence-corrected chi connectivity index (χ2v) is 15.7. The van der Waals surface area contributed by atoms with Crippen LogP contribution in [0.25, 0.3) is 5.65 Å². The number of nitrogens with one attached hydrogen (secondary N) is 1. The van der Waals surface area contributed by atoms with Crippen LogP contribution >= 0.6 is 0 Å². The fourth-order valence-corrected chi connectivity index (χ4v) is 7.46. The van der Waals surface area contributed by atoms with Crippen molar-refractivity contribution in [1.82, 2.24) is 19.5 Å². The molecule has 11 heteroatoms. The van der Waals surface area contributed by atoms with Crippen LogP contribution in [0, 0.1) is 5.41 Å². The van der Waals surface area contributed by atoms with Gasteiger partial charge in [-0.3, -0.25) is 0 Å². The number of amides is 1. The van der Waals surface area contributed by atoms with E-state index in [4.69, 9.17) is 24.3 Å². The molecule has 44 heavy (non-hydrogen) atoms. The molecule has 0 aliphatic carbocycles. The molecule has 4 aliphatic heterocycles. The van der Waals surface area contributed by atoms with Gasteiger partial charge in [-0.1, -0.05) is 13.8 Å². The van der Waals surface area contributed by atoms with Gasteiger partial charge in [-0.2, -0.15) is 9.61 Å². The minimum absolute atomic E-state index is 0.0109. The summed E-state index contributed by atoms with van der Waals surface area (Å²) < 4.78 is 19.0. The number of carbonyl (C=O) groups excluding carboxylic acids is 2. The molecule has 0 aromatic carbocycles. The van der Waals surface area contributed by atoms with Gasteiger partial charge in [0.1, 0.15) is 22.8 Å². The van der Waals surface area contributed by atoms with Crippen LogP contribution in [0.5, 0.6) is 0 Å². The summed E-state index contributed by atoms with van der Waals surface area (Å²) in [5, 5.41) is 8.64. The second-order valence-electron chi connectivity index (χ2n) is 15.7. The molecule has 2 aromatic heterocycles. The molecule has 2 unspecified atom stereocenters. The normalized spacial score (nSPS) is 25.0. The van der Waals surface area contributed by atoms with E-state index in [0.717, 1.165) is 82.0 Å². The summed E-state index contributed by atoms with van der Waals surface area (Å²) in [5.41, 5.74) is 0.916. The summed E-state index contributed by atoms with van der Waals surface area (Å²) in [6, 6.07) is 2.47. The minimum Gasteiger partial charge on any atom is -0.455 e. The van der Waals surface area contributed by atoms with E-state index in [1.54, 1.807) is 4.52 Å². The Balaban J connectivity index is 1.33. The zero-order chi connectivity index (χ0) is 31.6. The molecule has 0 radical (unpaired) electrons. The first-order valence-corrected chi connectivity index (χ1v) is 16.4. The predicted molar refractivity (Wildman–Crippen MR) is 168 cm³/mol. The molecule has 0 saturated carbocycles. The zero-order valence-corrected chi connectivity index (χ0v) is 27.7. The van der Waals surface area contributed by atoms with Gasteiger partial charge < -0.3 is 29.3 Å². The first kappa shape index (κ1) is 30.9. The smallest absolute Gasteiger partial charge is 0.410 e. The van der Waals surface area contributed by atoms with Crippen LogP contribution in [0.4, 0.5) is 16.4 Å². The van der Waals surface area contributed by atoms with E-state index in [-0.39, 0.29) is 35.6 Å². The quantitative estimate of drug-likeness (QED) is 0.422. The molecule has 11 nitrogen and oxygen atoms in total. The Morgan fingerprint density at radius 1 is 1.00 bits per heavy atom.